The number of carboxylic acids is 1. The number of methoxy groups -OCH3 is 2. The number of aliphatic carboxylic acids is 1. The molecule has 54 heavy (non-hydrogen) atoms. The number of hydrogen-bond donors (Lipinski definition) is 4. The van der Waals surface area contributed by atoms with E-state index in [9.17, 15) is 29.1 Å². The molecule has 1 aliphatic rings. The molecule has 4 N–H and O–H groups in total. The molecule has 9 atom stereocenters. The summed E-state index contributed by atoms with van der Waals surface area (Å²) in [6.45, 7) is 14.0. The van der Waals surface area contributed by atoms with Crippen molar-refractivity contribution in [1.29, 1.82) is 0 Å². The molecular weight excluding hydrogens is 690 g/mol. The zero-order chi connectivity index (χ0) is 40.9. The quantitative estimate of drug-likeness (QED) is 0.115. The fourth-order valence-corrected chi connectivity index (χ4v) is 7.86. The number of benzene rings is 1. The molecule has 1 fully saturated rings. The van der Waals surface area contributed by atoms with E-state index in [1.807, 2.05) is 90.9 Å². The molecule has 1 aromatic carbocycles. The van der Waals surface area contributed by atoms with E-state index in [1.54, 1.807) is 33.1 Å². The molecule has 0 aliphatic heterocycles. The molecule has 0 aromatic heterocycles. The van der Waals surface area contributed by atoms with E-state index in [-0.39, 0.29) is 66.2 Å². The van der Waals surface area contributed by atoms with Crippen molar-refractivity contribution in [3.05, 3.63) is 35.9 Å². The van der Waals surface area contributed by atoms with Crippen LogP contribution >= 0.6 is 0 Å². The van der Waals surface area contributed by atoms with Crippen LogP contribution in [0, 0.1) is 29.6 Å². The van der Waals surface area contributed by atoms with Crippen LogP contribution in [0.15, 0.2) is 30.3 Å². The maximum absolute atomic E-state index is 14.0. The summed E-state index contributed by atoms with van der Waals surface area (Å²) < 4.78 is 11.7. The van der Waals surface area contributed by atoms with Crippen molar-refractivity contribution in [1.82, 2.24) is 25.8 Å². The minimum Gasteiger partial charge on any atom is -0.480 e. The number of amides is 4. The van der Waals surface area contributed by atoms with Gasteiger partial charge in [-0.3, -0.25) is 24.1 Å². The van der Waals surface area contributed by atoms with Crippen molar-refractivity contribution in [3.8, 4) is 0 Å². The third-order valence-corrected chi connectivity index (χ3v) is 11.3. The normalized spacial score (nSPS) is 20.7. The Kier molecular flexibility index (Phi) is 18.6. The van der Waals surface area contributed by atoms with Gasteiger partial charge in [0.05, 0.1) is 36.1 Å². The summed E-state index contributed by atoms with van der Waals surface area (Å²) in [7, 11) is 8.55. The zero-order valence-corrected chi connectivity index (χ0v) is 34.8. The van der Waals surface area contributed by atoms with E-state index in [1.165, 1.54) is 0 Å². The number of nitrogens with zero attached hydrogens (tertiary/aromatic N) is 2. The van der Waals surface area contributed by atoms with Gasteiger partial charge in [0, 0.05) is 34.2 Å². The summed E-state index contributed by atoms with van der Waals surface area (Å²) >= 11 is 0. The second-order valence-corrected chi connectivity index (χ2v) is 16.0. The van der Waals surface area contributed by atoms with Crippen molar-refractivity contribution in [3.63, 3.8) is 0 Å². The summed E-state index contributed by atoms with van der Waals surface area (Å²) in [5.41, 5.74) is 0.125. The highest BCUT2D eigenvalue weighted by molar-refractivity contribution is 5.90. The fraction of sp³-hybridized carbons (Fsp3) is 0.732. The molecule has 0 bridgehead atoms. The van der Waals surface area contributed by atoms with Gasteiger partial charge in [0.2, 0.25) is 23.6 Å². The molecule has 0 spiro atoms. The number of likely N-dealkylation sites (N-methyl/N-ethyl adjacent to an activating group) is 2. The predicted molar refractivity (Wildman–Crippen MR) is 209 cm³/mol. The number of hydrogen-bond acceptors (Lipinski definition) is 8. The van der Waals surface area contributed by atoms with Gasteiger partial charge in [0.15, 0.2) is 0 Å². The second kappa shape index (κ2) is 21.5. The smallest absolute Gasteiger partial charge is 0.326 e. The Morgan fingerprint density at radius 1 is 0.926 bits per heavy atom. The van der Waals surface area contributed by atoms with Crippen LogP contribution in [0.5, 0.6) is 0 Å². The van der Waals surface area contributed by atoms with Crippen LogP contribution in [0.4, 0.5) is 0 Å². The Morgan fingerprint density at radius 2 is 1.56 bits per heavy atom. The van der Waals surface area contributed by atoms with Gasteiger partial charge in [-0.15, -0.1) is 0 Å². The highest BCUT2D eigenvalue weighted by Gasteiger charge is 2.59. The molecular formula is C41H69N5O8. The molecule has 0 unspecified atom stereocenters. The summed E-state index contributed by atoms with van der Waals surface area (Å²) in [6.07, 6.45) is 2.44. The van der Waals surface area contributed by atoms with Crippen LogP contribution in [0.25, 0.3) is 0 Å². The number of ether oxygens (including phenoxy) is 2. The van der Waals surface area contributed by atoms with Crippen molar-refractivity contribution >= 4 is 29.6 Å². The van der Waals surface area contributed by atoms with Gasteiger partial charge < -0.3 is 35.4 Å². The Morgan fingerprint density at radius 3 is 2.06 bits per heavy atom. The molecule has 0 saturated heterocycles. The number of rotatable bonds is 24. The van der Waals surface area contributed by atoms with Crippen LogP contribution in [0.1, 0.15) is 86.1 Å². The summed E-state index contributed by atoms with van der Waals surface area (Å²) in [4.78, 5) is 69.3. The van der Waals surface area contributed by atoms with E-state index in [2.05, 4.69) is 16.0 Å². The molecule has 2 rings (SSSR count). The minimum atomic E-state index is -1.10. The lowest BCUT2D eigenvalue weighted by Crippen LogP contribution is -2.59. The van der Waals surface area contributed by atoms with Gasteiger partial charge in [0.1, 0.15) is 12.1 Å². The fourth-order valence-electron chi connectivity index (χ4n) is 7.86. The van der Waals surface area contributed by atoms with Gasteiger partial charge in [-0.1, -0.05) is 85.2 Å². The summed E-state index contributed by atoms with van der Waals surface area (Å²) in [5, 5.41) is 18.5. The first-order valence-electron chi connectivity index (χ1n) is 19.5. The maximum atomic E-state index is 14.0. The summed E-state index contributed by atoms with van der Waals surface area (Å²) in [5.74, 6) is -2.67. The number of carbonyl (C=O) groups excluding carboxylic acids is 4. The Hall–Kier alpha value is -3.55. The first-order valence-corrected chi connectivity index (χ1v) is 19.5. The monoisotopic (exact) mass is 760 g/mol. The van der Waals surface area contributed by atoms with E-state index >= 15 is 0 Å². The number of nitrogens with one attached hydrogen (secondary N) is 3. The minimum absolute atomic E-state index is 0.00532. The van der Waals surface area contributed by atoms with E-state index < -0.39 is 41.7 Å². The van der Waals surface area contributed by atoms with Crippen molar-refractivity contribution in [2.75, 3.05) is 41.9 Å². The van der Waals surface area contributed by atoms with E-state index in [0.29, 0.717) is 25.8 Å². The predicted octanol–water partition coefficient (Wildman–Crippen LogP) is 3.74. The molecule has 0 radical (unpaired) electrons. The summed E-state index contributed by atoms with van der Waals surface area (Å²) in [6, 6.07) is 6.57. The molecule has 4 amide bonds. The zero-order valence-electron chi connectivity index (χ0n) is 34.8. The first kappa shape index (κ1) is 46.6. The van der Waals surface area contributed by atoms with Crippen molar-refractivity contribution < 1.29 is 38.6 Å². The average molecular weight is 760 g/mol. The molecule has 1 aliphatic carbocycles. The van der Waals surface area contributed by atoms with E-state index in [0.717, 1.165) is 12.0 Å². The van der Waals surface area contributed by atoms with E-state index in [4.69, 9.17) is 9.47 Å². The third-order valence-electron chi connectivity index (χ3n) is 11.3. The standard InChI is InChI=1S/C41H69N5O8/c1-13-27(6)36(46(10)39(50)34(25(2)3)44-38(49)35(26(4)5)45(8)9)32(53-11)23-33(47)42-21-17-20-30-24-41(30,54-12)28(7)37(48)43-31(40(51)52)22-29-18-15-14-16-19-29/h14-16,18-19,25-28,30-32,34-36H,13,17,20-24H2,1-12H3,(H,42,47)(H,43,48)(H,44,49)(H,51,52)/t27-,28-,30+,31-,32+,34-,35-,36-,41-/m0/s1. The molecule has 1 saturated carbocycles. The van der Waals surface area contributed by atoms with Gasteiger partial charge in [-0.25, -0.2) is 4.79 Å². The lowest BCUT2D eigenvalue weighted by atomic mass is 9.89. The Labute approximate surface area is 323 Å². The maximum Gasteiger partial charge on any atom is 0.326 e. The lowest BCUT2D eigenvalue weighted by molar-refractivity contribution is -0.144. The second-order valence-electron chi connectivity index (χ2n) is 16.0. The molecule has 1 aromatic rings. The SMILES string of the molecule is CC[C@H](C)[C@@H]([C@@H](CC(=O)NCCC[C@@H]1C[C@]1(OC)[C@@H](C)C(=O)N[C@@H](Cc1ccccc1)C(=O)O)OC)N(C)C(=O)[C@@H](NC(=O)[C@H](C(C)C)N(C)C)C(C)C. The highest BCUT2D eigenvalue weighted by Crippen LogP contribution is 2.54. The van der Waals surface area contributed by atoms with Crippen LogP contribution in [0.3, 0.4) is 0 Å². The van der Waals surface area contributed by atoms with Gasteiger partial charge in [-0.2, -0.15) is 0 Å². The molecule has 13 heteroatoms. The van der Waals surface area contributed by atoms with Gasteiger partial charge in [-0.05, 0) is 62.6 Å². The van der Waals surface area contributed by atoms with Crippen LogP contribution in [0.2, 0.25) is 0 Å². The number of carbonyl (C=O) groups is 5. The van der Waals surface area contributed by atoms with Crippen molar-refractivity contribution in [2.45, 2.75) is 123 Å². The Balaban J connectivity index is 2.00. The first-order chi connectivity index (χ1) is 25.4. The van der Waals surface area contributed by atoms with Crippen LogP contribution in [-0.2, 0) is 39.9 Å². The highest BCUT2D eigenvalue weighted by atomic mass is 16.5. The van der Waals surface area contributed by atoms with Crippen LogP contribution < -0.4 is 16.0 Å². The third kappa shape index (κ3) is 12.5. The van der Waals surface area contributed by atoms with Gasteiger partial charge in [0.25, 0.3) is 0 Å². The molecule has 0 heterocycles. The van der Waals surface area contributed by atoms with Gasteiger partial charge >= 0.3 is 5.97 Å². The molecule has 13 nitrogen and oxygen atoms in total. The lowest BCUT2D eigenvalue weighted by Gasteiger charge is -2.40. The van der Waals surface area contributed by atoms with Crippen molar-refractivity contribution in [2.24, 2.45) is 29.6 Å². The van der Waals surface area contributed by atoms with Crippen LogP contribution in [-0.4, -0.2) is 122 Å². The largest absolute Gasteiger partial charge is 0.480 e. The number of carboxylic acid groups (broad SMARTS) is 1. The molecule has 306 valence electrons. The topological polar surface area (TPSA) is 167 Å². The average Bonchev–Trinajstić information content (AvgIpc) is 3.84. The Bertz CT molecular complexity index is 1370.